The molecule has 6 heteroatoms. The minimum atomic E-state index is -0.473. The molecule has 4 aromatic rings. The molecule has 1 atom stereocenters. The van der Waals surface area contributed by atoms with E-state index in [9.17, 15) is 9.59 Å². The fraction of sp³-hybridized carbons (Fsp3) is 0.133. The SMILES string of the molecule is COc1ccc(C(=O)Nc2cccc(SC(C(=O)Nc3cc(C)cc(C)c3)c3ccccc3)c2)cc1. The van der Waals surface area contributed by atoms with E-state index < -0.39 is 5.25 Å². The molecule has 0 saturated carbocycles. The lowest BCUT2D eigenvalue weighted by Gasteiger charge is -2.18. The number of aryl methyl sites for hydroxylation is 2. The van der Waals surface area contributed by atoms with Crippen molar-refractivity contribution in [3.8, 4) is 5.75 Å². The van der Waals surface area contributed by atoms with Gasteiger partial charge in [-0.2, -0.15) is 0 Å². The predicted molar refractivity (Wildman–Crippen MR) is 147 cm³/mol. The molecule has 1 unspecified atom stereocenters. The second kappa shape index (κ2) is 11.6. The Morgan fingerprint density at radius 3 is 2.11 bits per heavy atom. The number of thioether (sulfide) groups is 1. The van der Waals surface area contributed by atoms with Gasteiger partial charge in [0.25, 0.3) is 5.91 Å². The summed E-state index contributed by atoms with van der Waals surface area (Å²) in [6.07, 6.45) is 0. The summed E-state index contributed by atoms with van der Waals surface area (Å²) in [4.78, 5) is 27.0. The normalized spacial score (nSPS) is 11.4. The van der Waals surface area contributed by atoms with E-state index in [-0.39, 0.29) is 11.8 Å². The molecule has 0 aliphatic rings. The number of hydrogen-bond donors (Lipinski definition) is 2. The molecule has 0 bridgehead atoms. The smallest absolute Gasteiger partial charge is 0.255 e. The zero-order valence-corrected chi connectivity index (χ0v) is 21.3. The monoisotopic (exact) mass is 496 g/mol. The third-order valence-electron chi connectivity index (χ3n) is 5.53. The highest BCUT2D eigenvalue weighted by Crippen LogP contribution is 2.37. The van der Waals surface area contributed by atoms with Gasteiger partial charge in [-0.1, -0.05) is 42.5 Å². The van der Waals surface area contributed by atoms with Crippen LogP contribution in [0.5, 0.6) is 5.75 Å². The Morgan fingerprint density at radius 1 is 0.750 bits per heavy atom. The van der Waals surface area contributed by atoms with Crippen LogP contribution in [-0.4, -0.2) is 18.9 Å². The van der Waals surface area contributed by atoms with Crippen LogP contribution in [0.25, 0.3) is 0 Å². The zero-order valence-electron chi connectivity index (χ0n) is 20.4. The molecule has 0 heterocycles. The van der Waals surface area contributed by atoms with Crippen LogP contribution in [0.4, 0.5) is 11.4 Å². The van der Waals surface area contributed by atoms with Gasteiger partial charge >= 0.3 is 0 Å². The molecule has 0 aliphatic carbocycles. The summed E-state index contributed by atoms with van der Waals surface area (Å²) in [5.41, 5.74) is 5.05. The molecule has 2 N–H and O–H groups in total. The zero-order chi connectivity index (χ0) is 25.5. The first-order valence-electron chi connectivity index (χ1n) is 11.6. The molecule has 36 heavy (non-hydrogen) atoms. The maximum absolute atomic E-state index is 13.4. The number of anilines is 2. The summed E-state index contributed by atoms with van der Waals surface area (Å²) >= 11 is 1.44. The highest BCUT2D eigenvalue weighted by molar-refractivity contribution is 8.00. The van der Waals surface area contributed by atoms with Crippen molar-refractivity contribution in [2.24, 2.45) is 0 Å². The van der Waals surface area contributed by atoms with Gasteiger partial charge in [0.2, 0.25) is 5.91 Å². The van der Waals surface area contributed by atoms with E-state index in [2.05, 4.69) is 16.7 Å². The van der Waals surface area contributed by atoms with Gasteiger partial charge in [-0.15, -0.1) is 11.8 Å². The van der Waals surface area contributed by atoms with Crippen LogP contribution in [-0.2, 0) is 4.79 Å². The van der Waals surface area contributed by atoms with Gasteiger partial charge in [0.05, 0.1) is 7.11 Å². The Morgan fingerprint density at radius 2 is 1.44 bits per heavy atom. The summed E-state index contributed by atoms with van der Waals surface area (Å²) < 4.78 is 5.16. The Balaban J connectivity index is 1.53. The van der Waals surface area contributed by atoms with Crippen molar-refractivity contribution in [2.45, 2.75) is 24.0 Å². The number of nitrogens with one attached hydrogen (secondary N) is 2. The lowest BCUT2D eigenvalue weighted by Crippen LogP contribution is -2.19. The number of carbonyl (C=O) groups is 2. The summed E-state index contributed by atoms with van der Waals surface area (Å²) in [7, 11) is 1.59. The molecule has 0 aliphatic heterocycles. The molecule has 0 saturated heterocycles. The topological polar surface area (TPSA) is 67.4 Å². The third-order valence-corrected chi connectivity index (χ3v) is 6.78. The summed E-state index contributed by atoms with van der Waals surface area (Å²) in [5.74, 6) is 0.367. The number of amides is 2. The number of methoxy groups -OCH3 is 1. The van der Waals surface area contributed by atoms with Crippen LogP contribution in [0.15, 0.2) is 102 Å². The van der Waals surface area contributed by atoms with Crippen LogP contribution < -0.4 is 15.4 Å². The van der Waals surface area contributed by atoms with Crippen LogP contribution in [0, 0.1) is 13.8 Å². The van der Waals surface area contributed by atoms with Gasteiger partial charge in [0, 0.05) is 21.8 Å². The molecule has 0 spiro atoms. The third kappa shape index (κ3) is 6.55. The van der Waals surface area contributed by atoms with Gasteiger partial charge in [-0.25, -0.2) is 0 Å². The van der Waals surface area contributed by atoms with E-state index in [1.165, 1.54) is 11.8 Å². The predicted octanol–water partition coefficient (Wildman–Crippen LogP) is 7.04. The largest absolute Gasteiger partial charge is 0.497 e. The van der Waals surface area contributed by atoms with Crippen molar-refractivity contribution in [2.75, 3.05) is 17.7 Å². The average molecular weight is 497 g/mol. The average Bonchev–Trinajstić information content (AvgIpc) is 2.87. The standard InChI is InChI=1S/C30H28N2O3S/c1-20-16-21(2)18-25(17-20)32-30(34)28(22-8-5-4-6-9-22)36-27-11-7-10-24(19-27)31-29(33)23-12-14-26(35-3)15-13-23/h4-19,28H,1-3H3,(H,31,33)(H,32,34). The quantitative estimate of drug-likeness (QED) is 0.257. The first-order valence-corrected chi connectivity index (χ1v) is 12.5. The summed E-state index contributed by atoms with van der Waals surface area (Å²) in [5, 5.41) is 5.54. The number of carbonyl (C=O) groups excluding carboxylic acids is 2. The molecule has 5 nitrogen and oxygen atoms in total. The van der Waals surface area contributed by atoms with E-state index in [0.29, 0.717) is 17.0 Å². The Hall–Kier alpha value is -4.03. The summed E-state index contributed by atoms with van der Waals surface area (Å²) in [6.45, 7) is 4.02. The highest BCUT2D eigenvalue weighted by atomic mass is 32.2. The second-order valence-electron chi connectivity index (χ2n) is 8.48. The van der Waals surface area contributed by atoms with Crippen molar-refractivity contribution >= 4 is 35.0 Å². The van der Waals surface area contributed by atoms with Gasteiger partial charge in [-0.3, -0.25) is 9.59 Å². The lowest BCUT2D eigenvalue weighted by molar-refractivity contribution is -0.115. The van der Waals surface area contributed by atoms with E-state index >= 15 is 0 Å². The van der Waals surface area contributed by atoms with Gasteiger partial charge < -0.3 is 15.4 Å². The van der Waals surface area contributed by atoms with Gasteiger partial charge in [0.1, 0.15) is 11.0 Å². The van der Waals surface area contributed by atoms with Crippen molar-refractivity contribution in [3.63, 3.8) is 0 Å². The van der Waals surface area contributed by atoms with Crippen molar-refractivity contribution in [3.05, 3.63) is 119 Å². The van der Waals surface area contributed by atoms with E-state index in [1.54, 1.807) is 31.4 Å². The minimum Gasteiger partial charge on any atom is -0.497 e. The summed E-state index contributed by atoms with van der Waals surface area (Å²) in [6, 6.07) is 30.2. The van der Waals surface area contributed by atoms with Crippen LogP contribution >= 0.6 is 11.8 Å². The number of benzene rings is 4. The molecular formula is C30H28N2O3S. The van der Waals surface area contributed by atoms with Crippen molar-refractivity contribution < 1.29 is 14.3 Å². The fourth-order valence-corrected chi connectivity index (χ4v) is 4.97. The second-order valence-corrected chi connectivity index (χ2v) is 9.66. The fourth-order valence-electron chi connectivity index (χ4n) is 3.88. The van der Waals surface area contributed by atoms with E-state index in [1.807, 2.05) is 80.6 Å². The molecule has 0 radical (unpaired) electrons. The lowest BCUT2D eigenvalue weighted by atomic mass is 10.1. The molecule has 182 valence electrons. The number of ether oxygens (including phenoxy) is 1. The molecular weight excluding hydrogens is 468 g/mol. The highest BCUT2D eigenvalue weighted by Gasteiger charge is 2.22. The van der Waals surface area contributed by atoms with Crippen LogP contribution in [0.1, 0.15) is 32.3 Å². The molecule has 4 aromatic carbocycles. The Labute approximate surface area is 215 Å². The van der Waals surface area contributed by atoms with Crippen LogP contribution in [0.3, 0.4) is 0 Å². The molecule has 4 rings (SSSR count). The van der Waals surface area contributed by atoms with E-state index in [4.69, 9.17) is 4.74 Å². The Kier molecular flexibility index (Phi) is 8.08. The first-order chi connectivity index (χ1) is 17.4. The van der Waals surface area contributed by atoms with Crippen LogP contribution in [0.2, 0.25) is 0 Å². The Bertz CT molecular complexity index is 1330. The molecule has 0 fully saturated rings. The van der Waals surface area contributed by atoms with E-state index in [0.717, 1.165) is 27.3 Å². The molecule has 2 amide bonds. The van der Waals surface area contributed by atoms with Gasteiger partial charge in [0.15, 0.2) is 0 Å². The number of hydrogen-bond acceptors (Lipinski definition) is 4. The first kappa shape index (κ1) is 25.1. The maximum Gasteiger partial charge on any atom is 0.255 e. The van der Waals surface area contributed by atoms with Crippen molar-refractivity contribution in [1.82, 2.24) is 0 Å². The molecule has 0 aromatic heterocycles. The van der Waals surface area contributed by atoms with Gasteiger partial charge in [-0.05, 0) is 85.1 Å². The minimum absolute atomic E-state index is 0.108. The maximum atomic E-state index is 13.4. The number of rotatable bonds is 8. The van der Waals surface area contributed by atoms with Crippen molar-refractivity contribution in [1.29, 1.82) is 0 Å².